The van der Waals surface area contributed by atoms with Gasteiger partial charge in [0.1, 0.15) is 0 Å². The zero-order chi connectivity index (χ0) is 14.0. The SMILES string of the molecule is Cc1cc(NC2(C(=O)O)CCOC2)cc([N+](=O)[O-])c1. The number of hydrogen-bond donors (Lipinski definition) is 2. The molecule has 2 rings (SSSR count). The van der Waals surface area contributed by atoms with Gasteiger partial charge in [0.15, 0.2) is 5.54 Å². The molecular formula is C12H14N2O5. The second kappa shape index (κ2) is 4.85. The van der Waals surface area contributed by atoms with Crippen molar-refractivity contribution in [2.24, 2.45) is 0 Å². The van der Waals surface area contributed by atoms with E-state index >= 15 is 0 Å². The van der Waals surface area contributed by atoms with Crippen LogP contribution in [0.4, 0.5) is 11.4 Å². The Kier molecular flexibility index (Phi) is 3.39. The highest BCUT2D eigenvalue weighted by molar-refractivity contribution is 5.83. The van der Waals surface area contributed by atoms with Crippen LogP contribution in [-0.4, -0.2) is 34.8 Å². The number of ether oxygens (including phenoxy) is 1. The molecule has 1 aromatic carbocycles. The molecule has 1 aromatic rings. The molecule has 0 radical (unpaired) electrons. The van der Waals surface area contributed by atoms with Crippen molar-refractivity contribution in [2.45, 2.75) is 18.9 Å². The average Bonchev–Trinajstić information content (AvgIpc) is 2.78. The van der Waals surface area contributed by atoms with Gasteiger partial charge in [-0.3, -0.25) is 10.1 Å². The van der Waals surface area contributed by atoms with E-state index in [1.165, 1.54) is 12.1 Å². The Morgan fingerprint density at radius 2 is 2.26 bits per heavy atom. The van der Waals surface area contributed by atoms with Crippen molar-refractivity contribution in [3.63, 3.8) is 0 Å². The Balaban J connectivity index is 2.32. The van der Waals surface area contributed by atoms with Crippen molar-refractivity contribution in [1.29, 1.82) is 0 Å². The molecule has 102 valence electrons. The molecule has 0 amide bonds. The van der Waals surface area contributed by atoms with E-state index in [-0.39, 0.29) is 12.3 Å². The summed E-state index contributed by atoms with van der Waals surface area (Å²) in [5.41, 5.74) is -0.167. The number of nitrogens with zero attached hydrogens (tertiary/aromatic N) is 1. The van der Waals surface area contributed by atoms with Gasteiger partial charge in [0, 0.05) is 30.8 Å². The second-order valence-corrected chi connectivity index (χ2v) is 4.63. The van der Waals surface area contributed by atoms with Crippen LogP contribution in [0.5, 0.6) is 0 Å². The van der Waals surface area contributed by atoms with Gasteiger partial charge in [-0.2, -0.15) is 0 Å². The number of benzene rings is 1. The van der Waals surface area contributed by atoms with Crippen LogP contribution in [0.1, 0.15) is 12.0 Å². The summed E-state index contributed by atoms with van der Waals surface area (Å²) in [7, 11) is 0. The molecule has 1 aliphatic heterocycles. The first-order valence-corrected chi connectivity index (χ1v) is 5.78. The van der Waals surface area contributed by atoms with Crippen molar-refractivity contribution in [3.05, 3.63) is 33.9 Å². The fourth-order valence-electron chi connectivity index (χ4n) is 2.10. The van der Waals surface area contributed by atoms with Crippen molar-refractivity contribution >= 4 is 17.3 Å². The molecule has 0 saturated carbocycles. The largest absolute Gasteiger partial charge is 0.479 e. The molecule has 7 nitrogen and oxygen atoms in total. The maximum atomic E-state index is 11.4. The lowest BCUT2D eigenvalue weighted by molar-refractivity contribution is -0.384. The molecule has 0 spiro atoms. The summed E-state index contributed by atoms with van der Waals surface area (Å²) in [6.07, 6.45) is 0.323. The molecule has 0 aliphatic carbocycles. The van der Waals surface area contributed by atoms with Crippen LogP contribution in [0.3, 0.4) is 0 Å². The lowest BCUT2D eigenvalue weighted by Gasteiger charge is -2.25. The van der Waals surface area contributed by atoms with Crippen LogP contribution in [0.2, 0.25) is 0 Å². The first-order valence-electron chi connectivity index (χ1n) is 5.78. The van der Waals surface area contributed by atoms with Crippen LogP contribution in [0, 0.1) is 17.0 Å². The van der Waals surface area contributed by atoms with E-state index < -0.39 is 16.4 Å². The standard InChI is InChI=1S/C12H14N2O5/c1-8-4-9(6-10(5-8)14(17)18)13-12(11(15)16)2-3-19-7-12/h4-6,13H,2-3,7H2,1H3,(H,15,16). The zero-order valence-electron chi connectivity index (χ0n) is 10.4. The minimum absolute atomic E-state index is 0.0457. The van der Waals surface area contributed by atoms with Gasteiger partial charge < -0.3 is 15.2 Å². The summed E-state index contributed by atoms with van der Waals surface area (Å²) in [6.45, 7) is 2.12. The number of nitro benzene ring substituents is 1. The fraction of sp³-hybridized carbons (Fsp3) is 0.417. The maximum absolute atomic E-state index is 11.4. The second-order valence-electron chi connectivity index (χ2n) is 4.63. The number of aliphatic carboxylic acids is 1. The molecule has 1 fully saturated rings. The molecule has 1 aliphatic rings. The predicted molar refractivity (Wildman–Crippen MR) is 67.3 cm³/mol. The van der Waals surface area contributed by atoms with Crippen LogP contribution in [-0.2, 0) is 9.53 Å². The molecule has 0 aromatic heterocycles. The molecule has 1 heterocycles. The van der Waals surface area contributed by atoms with E-state index in [0.717, 1.165) is 0 Å². The molecule has 7 heteroatoms. The smallest absolute Gasteiger partial charge is 0.331 e. The minimum atomic E-state index is -1.21. The molecule has 0 bridgehead atoms. The highest BCUT2D eigenvalue weighted by Gasteiger charge is 2.42. The highest BCUT2D eigenvalue weighted by Crippen LogP contribution is 2.28. The number of hydrogen-bond acceptors (Lipinski definition) is 5. The summed E-state index contributed by atoms with van der Waals surface area (Å²) >= 11 is 0. The topological polar surface area (TPSA) is 102 Å². The van der Waals surface area contributed by atoms with Crippen molar-refractivity contribution in [2.75, 3.05) is 18.5 Å². The molecule has 1 atom stereocenters. The Bertz CT molecular complexity index is 523. The third kappa shape index (κ3) is 2.65. The van der Waals surface area contributed by atoms with Crippen molar-refractivity contribution in [3.8, 4) is 0 Å². The number of rotatable bonds is 4. The summed E-state index contributed by atoms with van der Waals surface area (Å²) in [5, 5.41) is 23.0. The van der Waals surface area contributed by atoms with Gasteiger partial charge >= 0.3 is 5.97 Å². The van der Waals surface area contributed by atoms with Crippen molar-refractivity contribution in [1.82, 2.24) is 0 Å². The number of carboxylic acid groups (broad SMARTS) is 1. The van der Waals surface area contributed by atoms with Crippen LogP contribution >= 0.6 is 0 Å². The van der Waals surface area contributed by atoms with E-state index in [1.54, 1.807) is 13.0 Å². The number of nitro groups is 1. The number of carbonyl (C=O) groups is 1. The first kappa shape index (κ1) is 13.3. The summed E-state index contributed by atoms with van der Waals surface area (Å²) in [5.74, 6) is -1.02. The first-order chi connectivity index (χ1) is 8.93. The molecule has 2 N–H and O–H groups in total. The highest BCUT2D eigenvalue weighted by atomic mass is 16.6. The minimum Gasteiger partial charge on any atom is -0.479 e. The zero-order valence-corrected chi connectivity index (χ0v) is 10.4. The number of nitrogens with one attached hydrogen (secondary N) is 1. The summed E-state index contributed by atoms with van der Waals surface area (Å²) in [6, 6.07) is 4.44. The Morgan fingerprint density at radius 1 is 1.53 bits per heavy atom. The van der Waals surface area contributed by atoms with Gasteiger partial charge in [0.2, 0.25) is 0 Å². The van der Waals surface area contributed by atoms with Gasteiger partial charge in [0.25, 0.3) is 5.69 Å². The van der Waals surface area contributed by atoms with E-state index in [9.17, 15) is 20.0 Å². The summed E-state index contributed by atoms with van der Waals surface area (Å²) < 4.78 is 5.12. The Labute approximate surface area is 109 Å². The Morgan fingerprint density at radius 3 is 2.79 bits per heavy atom. The third-order valence-corrected chi connectivity index (χ3v) is 3.09. The number of anilines is 1. The summed E-state index contributed by atoms with van der Waals surface area (Å²) in [4.78, 5) is 21.6. The van der Waals surface area contributed by atoms with E-state index in [4.69, 9.17) is 4.74 Å². The van der Waals surface area contributed by atoms with E-state index in [1.807, 2.05) is 0 Å². The van der Waals surface area contributed by atoms with Gasteiger partial charge in [-0.25, -0.2) is 4.79 Å². The monoisotopic (exact) mass is 266 g/mol. The van der Waals surface area contributed by atoms with Gasteiger partial charge in [-0.05, 0) is 18.6 Å². The van der Waals surface area contributed by atoms with Crippen molar-refractivity contribution < 1.29 is 19.6 Å². The molecular weight excluding hydrogens is 252 g/mol. The number of carboxylic acids is 1. The molecule has 1 unspecified atom stereocenters. The van der Waals surface area contributed by atoms with Gasteiger partial charge in [0.05, 0.1) is 11.5 Å². The number of aryl methyl sites for hydroxylation is 1. The molecule has 1 saturated heterocycles. The third-order valence-electron chi connectivity index (χ3n) is 3.09. The number of non-ortho nitro benzene ring substituents is 1. The van der Waals surface area contributed by atoms with Crippen LogP contribution < -0.4 is 5.32 Å². The van der Waals surface area contributed by atoms with Crippen LogP contribution in [0.15, 0.2) is 18.2 Å². The average molecular weight is 266 g/mol. The lowest BCUT2D eigenvalue weighted by Crippen LogP contribution is -2.47. The fourth-order valence-corrected chi connectivity index (χ4v) is 2.10. The normalized spacial score (nSPS) is 22.2. The van der Waals surface area contributed by atoms with Gasteiger partial charge in [-0.15, -0.1) is 0 Å². The quantitative estimate of drug-likeness (QED) is 0.633. The molecule has 19 heavy (non-hydrogen) atoms. The van der Waals surface area contributed by atoms with E-state index in [0.29, 0.717) is 24.3 Å². The Hall–Kier alpha value is -2.15. The lowest BCUT2D eigenvalue weighted by atomic mass is 9.98. The van der Waals surface area contributed by atoms with Crippen LogP contribution in [0.25, 0.3) is 0 Å². The maximum Gasteiger partial charge on any atom is 0.331 e. The predicted octanol–water partition coefficient (Wildman–Crippen LogP) is 1.56. The van der Waals surface area contributed by atoms with E-state index in [2.05, 4.69) is 5.32 Å². The van der Waals surface area contributed by atoms with Gasteiger partial charge in [-0.1, -0.05) is 0 Å².